The van der Waals surface area contributed by atoms with Crippen LogP contribution in [0, 0.1) is 19.3 Å². The molecule has 2 atom stereocenters. The fraction of sp³-hybridized carbons (Fsp3) is 0.444. The molecule has 0 spiro atoms. The molecule has 4 heteroatoms. The second kappa shape index (κ2) is 6.99. The van der Waals surface area contributed by atoms with Crippen molar-refractivity contribution in [2.45, 2.75) is 32.7 Å². The summed E-state index contributed by atoms with van der Waals surface area (Å²) in [5.74, 6) is 0.192. The predicted molar refractivity (Wildman–Crippen MR) is 89.4 cm³/mol. The number of aliphatic hydroxyl groups excluding tert-OH is 1. The number of aryl methyl sites for hydroxylation is 2. The molecule has 2 rings (SSSR count). The molecule has 0 bridgehead atoms. The Morgan fingerprint density at radius 2 is 2.14 bits per heavy atom. The van der Waals surface area contributed by atoms with Gasteiger partial charge in [-0.3, -0.25) is 0 Å². The van der Waals surface area contributed by atoms with Gasteiger partial charge in [-0.2, -0.15) is 0 Å². The second-order valence-corrected chi connectivity index (χ2v) is 5.92. The quantitative estimate of drug-likeness (QED) is 0.380. The Balaban J connectivity index is 2.57. The van der Waals surface area contributed by atoms with Gasteiger partial charge < -0.3 is 9.84 Å². The summed E-state index contributed by atoms with van der Waals surface area (Å²) in [5, 5.41) is 17.5. The van der Waals surface area contributed by atoms with Crippen LogP contribution in [0.3, 0.4) is 0 Å². The summed E-state index contributed by atoms with van der Waals surface area (Å²) in [6.45, 7) is 6.81. The molecule has 0 fully saturated rings. The van der Waals surface area contributed by atoms with E-state index in [-0.39, 0.29) is 18.6 Å². The Morgan fingerprint density at radius 3 is 2.73 bits per heavy atom. The molecule has 22 heavy (non-hydrogen) atoms. The van der Waals surface area contributed by atoms with Gasteiger partial charge in [-0.25, -0.2) is 4.58 Å². The molecule has 1 heterocycles. The topological polar surface area (TPSA) is 56.3 Å². The highest BCUT2D eigenvalue weighted by Crippen LogP contribution is 2.34. The molecule has 0 saturated heterocycles. The van der Waals surface area contributed by atoms with Gasteiger partial charge in [0.2, 0.25) is 0 Å². The van der Waals surface area contributed by atoms with E-state index in [1.54, 1.807) is 7.11 Å². The standard InChI is InChI=1S/C18H25N2O2/c1-12-7-13(2)17-14(3)18(15(10-21)5-6-22-4)20(11-19)9-16(17)8-12/h5,7-9,11,14,18-19,21H,6,10H2,1-4H3/q+1/b15-5+,19-11?. The molecule has 1 aromatic rings. The number of hydrogen-bond acceptors (Lipinski definition) is 3. The molecule has 2 unspecified atom stereocenters. The molecular weight excluding hydrogens is 276 g/mol. The number of aliphatic hydroxyl groups is 1. The van der Waals surface area contributed by atoms with E-state index in [4.69, 9.17) is 10.1 Å². The van der Waals surface area contributed by atoms with Crippen molar-refractivity contribution in [2.75, 3.05) is 20.3 Å². The van der Waals surface area contributed by atoms with E-state index in [1.807, 2.05) is 16.9 Å². The lowest BCUT2D eigenvalue weighted by Crippen LogP contribution is -2.38. The Bertz CT molecular complexity index is 632. The SMILES string of the molecule is COC/C=C(\CO)C1C(C)c2c(C)cc(C)cc2C=[N+]1C=N. The lowest BCUT2D eigenvalue weighted by Gasteiger charge is -2.31. The van der Waals surface area contributed by atoms with E-state index >= 15 is 0 Å². The molecule has 1 aromatic carbocycles. The molecule has 0 saturated carbocycles. The van der Waals surface area contributed by atoms with E-state index in [9.17, 15) is 5.11 Å². The van der Waals surface area contributed by atoms with Crippen LogP contribution in [0.2, 0.25) is 0 Å². The first kappa shape index (κ1) is 16.6. The van der Waals surface area contributed by atoms with Crippen molar-refractivity contribution < 1.29 is 14.4 Å². The summed E-state index contributed by atoms with van der Waals surface area (Å²) >= 11 is 0. The zero-order chi connectivity index (χ0) is 16.3. The average Bonchev–Trinajstić information content (AvgIpc) is 2.48. The molecule has 0 radical (unpaired) electrons. The van der Waals surface area contributed by atoms with Crippen molar-refractivity contribution in [1.29, 1.82) is 5.41 Å². The largest absolute Gasteiger partial charge is 0.392 e. The van der Waals surface area contributed by atoms with E-state index in [0.29, 0.717) is 6.61 Å². The molecule has 0 aromatic heterocycles. The molecule has 0 amide bonds. The number of nitrogens with one attached hydrogen (secondary N) is 1. The van der Waals surface area contributed by atoms with E-state index in [2.05, 4.69) is 32.9 Å². The van der Waals surface area contributed by atoms with Gasteiger partial charge in [0.15, 0.2) is 0 Å². The minimum atomic E-state index is -0.0495. The molecule has 4 nitrogen and oxygen atoms in total. The first-order valence-corrected chi connectivity index (χ1v) is 7.56. The number of fused-ring (bicyclic) bond motifs is 1. The third-order valence-corrected chi connectivity index (χ3v) is 4.33. The van der Waals surface area contributed by atoms with Crippen molar-refractivity contribution in [3.63, 3.8) is 0 Å². The third kappa shape index (κ3) is 3.03. The molecule has 1 aliphatic rings. The number of rotatable bonds is 5. The highest BCUT2D eigenvalue weighted by atomic mass is 16.5. The summed E-state index contributed by atoms with van der Waals surface area (Å²) in [4.78, 5) is 0. The minimum absolute atomic E-state index is 0.0310. The van der Waals surface area contributed by atoms with Crippen LogP contribution >= 0.6 is 0 Å². The van der Waals surface area contributed by atoms with Gasteiger partial charge in [-0.15, -0.1) is 5.41 Å². The fourth-order valence-electron chi connectivity index (χ4n) is 3.50. The van der Waals surface area contributed by atoms with Gasteiger partial charge in [0.1, 0.15) is 6.04 Å². The van der Waals surface area contributed by atoms with Gasteiger partial charge >= 0.3 is 0 Å². The summed E-state index contributed by atoms with van der Waals surface area (Å²) in [6.07, 6.45) is 5.25. The van der Waals surface area contributed by atoms with Crippen LogP contribution in [-0.2, 0) is 4.74 Å². The zero-order valence-corrected chi connectivity index (χ0v) is 13.8. The Morgan fingerprint density at radius 1 is 1.41 bits per heavy atom. The van der Waals surface area contributed by atoms with Crippen molar-refractivity contribution in [1.82, 2.24) is 0 Å². The van der Waals surface area contributed by atoms with Crippen molar-refractivity contribution in [2.24, 2.45) is 0 Å². The first-order valence-electron chi connectivity index (χ1n) is 7.56. The van der Waals surface area contributed by atoms with Crippen LogP contribution in [0.4, 0.5) is 0 Å². The molecule has 118 valence electrons. The van der Waals surface area contributed by atoms with Crippen LogP contribution in [0.15, 0.2) is 23.8 Å². The van der Waals surface area contributed by atoms with Crippen LogP contribution in [0.5, 0.6) is 0 Å². The average molecular weight is 301 g/mol. The van der Waals surface area contributed by atoms with Crippen LogP contribution < -0.4 is 0 Å². The molecular formula is C18H25N2O2+. The smallest absolute Gasteiger partial charge is 0.277 e. The number of ether oxygens (including phenoxy) is 1. The van der Waals surface area contributed by atoms with Crippen molar-refractivity contribution >= 4 is 12.6 Å². The fourth-order valence-corrected chi connectivity index (χ4v) is 3.50. The Hall–Kier alpha value is -1.78. The number of nitrogens with zero attached hydrogens (tertiary/aromatic N) is 1. The first-order chi connectivity index (χ1) is 10.5. The monoisotopic (exact) mass is 301 g/mol. The Kier molecular flexibility index (Phi) is 5.27. The number of hydrogen-bond donors (Lipinski definition) is 2. The van der Waals surface area contributed by atoms with Gasteiger partial charge in [0.25, 0.3) is 6.34 Å². The van der Waals surface area contributed by atoms with Crippen molar-refractivity contribution in [3.8, 4) is 0 Å². The number of methoxy groups -OCH3 is 1. The van der Waals surface area contributed by atoms with Gasteiger partial charge in [-0.1, -0.05) is 24.6 Å². The lowest BCUT2D eigenvalue weighted by molar-refractivity contribution is -0.437. The highest BCUT2D eigenvalue weighted by Gasteiger charge is 2.34. The summed E-state index contributed by atoms with van der Waals surface area (Å²) < 4.78 is 6.98. The van der Waals surface area contributed by atoms with Gasteiger partial charge in [0, 0.05) is 18.6 Å². The summed E-state index contributed by atoms with van der Waals surface area (Å²) in [7, 11) is 1.64. The van der Waals surface area contributed by atoms with E-state index in [1.165, 1.54) is 23.0 Å². The minimum Gasteiger partial charge on any atom is -0.392 e. The van der Waals surface area contributed by atoms with E-state index < -0.39 is 0 Å². The lowest BCUT2D eigenvalue weighted by atomic mass is 9.80. The number of benzene rings is 1. The maximum Gasteiger partial charge on any atom is 0.277 e. The van der Waals surface area contributed by atoms with Gasteiger partial charge in [0.05, 0.1) is 19.4 Å². The summed E-state index contributed by atoms with van der Waals surface area (Å²) in [5.41, 5.74) is 5.83. The summed E-state index contributed by atoms with van der Waals surface area (Å²) in [6, 6.07) is 4.30. The Labute approximate surface area is 132 Å². The zero-order valence-electron chi connectivity index (χ0n) is 13.8. The normalized spacial score (nSPS) is 21.3. The van der Waals surface area contributed by atoms with Crippen LogP contribution in [-0.4, -0.2) is 48.6 Å². The molecule has 2 N–H and O–H groups in total. The maximum atomic E-state index is 9.76. The van der Waals surface area contributed by atoms with Crippen LogP contribution in [0.1, 0.15) is 35.1 Å². The predicted octanol–water partition coefficient (Wildman–Crippen LogP) is 2.39. The third-order valence-electron chi connectivity index (χ3n) is 4.33. The van der Waals surface area contributed by atoms with Crippen molar-refractivity contribution in [3.05, 3.63) is 46.0 Å². The highest BCUT2D eigenvalue weighted by molar-refractivity contribution is 5.83. The molecule has 1 aliphatic heterocycles. The van der Waals surface area contributed by atoms with Crippen LogP contribution in [0.25, 0.3) is 0 Å². The molecule has 0 aliphatic carbocycles. The maximum absolute atomic E-state index is 9.76. The van der Waals surface area contributed by atoms with E-state index in [0.717, 1.165) is 11.1 Å². The van der Waals surface area contributed by atoms with Gasteiger partial charge in [-0.05, 0) is 36.6 Å². The second-order valence-electron chi connectivity index (χ2n) is 5.92.